The summed E-state index contributed by atoms with van der Waals surface area (Å²) in [6, 6.07) is -1.15. The first-order chi connectivity index (χ1) is 6.37. The molecule has 0 aliphatic rings. The molecule has 1 atom stereocenters. The molecule has 0 aromatic heterocycles. The van der Waals surface area contributed by atoms with E-state index in [-0.39, 0.29) is 6.42 Å². The molecule has 0 saturated heterocycles. The Labute approximate surface area is 83.0 Å². The zero-order valence-electron chi connectivity index (χ0n) is 7.92. The van der Waals surface area contributed by atoms with Gasteiger partial charge in [-0.15, -0.1) is 0 Å². The van der Waals surface area contributed by atoms with Crippen molar-refractivity contribution in [1.29, 1.82) is 0 Å². The van der Waals surface area contributed by atoms with E-state index in [9.17, 15) is 18.5 Å². The summed E-state index contributed by atoms with van der Waals surface area (Å²) in [7, 11) is -3.78. The Balaban J connectivity index is 4.32. The summed E-state index contributed by atoms with van der Waals surface area (Å²) in [5.74, 6) is -0.617. The van der Waals surface area contributed by atoms with E-state index >= 15 is 0 Å². The predicted molar refractivity (Wildman–Crippen MR) is 52.8 cm³/mol. The number of nitrogens with two attached hydrogens (primary N) is 1. The van der Waals surface area contributed by atoms with Crippen molar-refractivity contribution in [1.82, 2.24) is 0 Å². The van der Waals surface area contributed by atoms with Crippen molar-refractivity contribution in [3.63, 3.8) is 0 Å². The van der Waals surface area contributed by atoms with Crippen LogP contribution in [0, 0.1) is 10.1 Å². The van der Waals surface area contributed by atoms with Crippen molar-refractivity contribution in [2.45, 2.75) is 25.8 Å². The van der Waals surface area contributed by atoms with Gasteiger partial charge in [0.25, 0.3) is 0 Å². The van der Waals surface area contributed by atoms with Gasteiger partial charge in [0, 0.05) is 11.3 Å². The third kappa shape index (κ3) is 6.55. The lowest BCUT2D eigenvalue weighted by Crippen LogP contribution is -2.32. The van der Waals surface area contributed by atoms with E-state index in [1.54, 1.807) is 12.2 Å². The Bertz CT molecular complexity index is 310. The molecule has 14 heavy (non-hydrogen) atoms. The number of sulfonamides is 1. The molecule has 0 spiro atoms. The minimum Gasteiger partial charge on any atom is -0.264 e. The fourth-order valence-corrected chi connectivity index (χ4v) is 1.70. The van der Waals surface area contributed by atoms with E-state index in [2.05, 4.69) is 0 Å². The zero-order chi connectivity index (χ0) is 11.2. The molecule has 0 fully saturated rings. The highest BCUT2D eigenvalue weighted by Crippen LogP contribution is 2.01. The van der Waals surface area contributed by atoms with Gasteiger partial charge in [-0.25, -0.2) is 13.6 Å². The second-order valence-corrected chi connectivity index (χ2v) is 4.54. The van der Waals surface area contributed by atoms with Gasteiger partial charge in [0.2, 0.25) is 16.1 Å². The molecule has 0 aromatic carbocycles. The standard InChI is InChI=1S/C7H14N2O4S/c1-2-3-4-5-7(9(10)11)6-14(8,12)13/h3-4,7H,2,5-6H2,1H3,(H2,8,12,13)/b4-3-. The molecule has 7 heteroatoms. The summed E-state index contributed by atoms with van der Waals surface area (Å²) in [4.78, 5) is 9.80. The average molecular weight is 222 g/mol. The van der Waals surface area contributed by atoms with Crippen molar-refractivity contribution in [3.8, 4) is 0 Å². The molecular weight excluding hydrogens is 208 g/mol. The van der Waals surface area contributed by atoms with Gasteiger partial charge in [0.05, 0.1) is 0 Å². The Hall–Kier alpha value is -0.950. The first-order valence-corrected chi connectivity index (χ1v) is 5.87. The fourth-order valence-electron chi connectivity index (χ4n) is 0.903. The van der Waals surface area contributed by atoms with Gasteiger partial charge in [0.1, 0.15) is 5.75 Å². The van der Waals surface area contributed by atoms with Gasteiger partial charge in [-0.1, -0.05) is 19.1 Å². The number of rotatable bonds is 6. The molecular formula is C7H14N2O4S. The third-order valence-electron chi connectivity index (χ3n) is 1.53. The van der Waals surface area contributed by atoms with Crippen molar-refractivity contribution < 1.29 is 13.3 Å². The van der Waals surface area contributed by atoms with Crippen LogP contribution in [0.25, 0.3) is 0 Å². The monoisotopic (exact) mass is 222 g/mol. The molecule has 0 heterocycles. The van der Waals surface area contributed by atoms with Gasteiger partial charge in [0.15, 0.2) is 0 Å². The summed E-state index contributed by atoms with van der Waals surface area (Å²) < 4.78 is 21.3. The maximum atomic E-state index is 10.6. The molecule has 0 bridgehead atoms. The van der Waals surface area contributed by atoms with Gasteiger partial charge < -0.3 is 0 Å². The van der Waals surface area contributed by atoms with Gasteiger partial charge in [-0.2, -0.15) is 0 Å². The summed E-state index contributed by atoms with van der Waals surface area (Å²) in [6.45, 7) is 1.89. The number of allylic oxidation sites excluding steroid dienone is 1. The molecule has 0 aromatic rings. The molecule has 82 valence electrons. The normalized spacial score (nSPS) is 14.4. The summed E-state index contributed by atoms with van der Waals surface area (Å²) in [5.41, 5.74) is 0. The molecule has 0 radical (unpaired) electrons. The van der Waals surface area contributed by atoms with E-state index in [1.807, 2.05) is 6.92 Å². The summed E-state index contributed by atoms with van der Waals surface area (Å²) in [6.07, 6.45) is 4.20. The van der Waals surface area contributed by atoms with Crippen LogP contribution in [0.3, 0.4) is 0 Å². The van der Waals surface area contributed by atoms with E-state index in [0.717, 1.165) is 6.42 Å². The number of hydrogen-bond acceptors (Lipinski definition) is 4. The molecule has 0 aliphatic carbocycles. The largest absolute Gasteiger partial charge is 0.264 e. The minimum absolute atomic E-state index is 0.0945. The maximum absolute atomic E-state index is 10.6. The van der Waals surface area contributed by atoms with Gasteiger partial charge in [-0.05, 0) is 6.42 Å². The fraction of sp³-hybridized carbons (Fsp3) is 0.714. The van der Waals surface area contributed by atoms with Crippen LogP contribution >= 0.6 is 0 Å². The highest BCUT2D eigenvalue weighted by atomic mass is 32.2. The Morgan fingerprint density at radius 1 is 1.50 bits per heavy atom. The van der Waals surface area contributed by atoms with E-state index in [0.29, 0.717) is 0 Å². The van der Waals surface area contributed by atoms with Crippen molar-refractivity contribution >= 4 is 10.0 Å². The SMILES string of the molecule is CC/C=C\CC(CS(N)(=O)=O)[N+](=O)[O-]. The highest BCUT2D eigenvalue weighted by Gasteiger charge is 2.24. The van der Waals surface area contributed by atoms with Crippen LogP contribution in [0.5, 0.6) is 0 Å². The second-order valence-electron chi connectivity index (χ2n) is 2.88. The van der Waals surface area contributed by atoms with Crippen LogP contribution in [0.2, 0.25) is 0 Å². The van der Waals surface area contributed by atoms with Crippen molar-refractivity contribution in [3.05, 3.63) is 22.3 Å². The number of hydrogen-bond donors (Lipinski definition) is 1. The van der Waals surface area contributed by atoms with Crippen molar-refractivity contribution in [2.75, 3.05) is 5.75 Å². The summed E-state index contributed by atoms with van der Waals surface area (Å²) in [5, 5.41) is 15.1. The van der Waals surface area contributed by atoms with Gasteiger partial charge in [-0.3, -0.25) is 10.1 Å². The minimum atomic E-state index is -3.78. The lowest BCUT2D eigenvalue weighted by molar-refractivity contribution is -0.515. The highest BCUT2D eigenvalue weighted by molar-refractivity contribution is 7.89. The summed E-state index contributed by atoms with van der Waals surface area (Å²) >= 11 is 0. The first kappa shape index (κ1) is 13.1. The van der Waals surface area contributed by atoms with Crippen LogP contribution in [-0.4, -0.2) is 25.1 Å². The lowest BCUT2D eigenvalue weighted by atomic mass is 10.2. The lowest BCUT2D eigenvalue weighted by Gasteiger charge is -2.04. The van der Waals surface area contributed by atoms with Crippen LogP contribution in [0.4, 0.5) is 0 Å². The Morgan fingerprint density at radius 3 is 2.43 bits per heavy atom. The third-order valence-corrected chi connectivity index (χ3v) is 2.38. The van der Waals surface area contributed by atoms with Crippen LogP contribution in [-0.2, 0) is 10.0 Å². The Kier molecular flexibility index (Phi) is 5.32. The maximum Gasteiger partial charge on any atom is 0.231 e. The van der Waals surface area contributed by atoms with Crippen LogP contribution in [0.1, 0.15) is 19.8 Å². The predicted octanol–water partition coefficient (Wildman–Crippen LogP) is 0.277. The van der Waals surface area contributed by atoms with E-state index in [4.69, 9.17) is 5.14 Å². The zero-order valence-corrected chi connectivity index (χ0v) is 8.74. The van der Waals surface area contributed by atoms with Crippen LogP contribution in [0.15, 0.2) is 12.2 Å². The molecule has 0 amide bonds. The second kappa shape index (κ2) is 5.71. The number of primary sulfonamides is 1. The average Bonchev–Trinajstić information content (AvgIpc) is 2.00. The van der Waals surface area contributed by atoms with Crippen LogP contribution < -0.4 is 5.14 Å². The molecule has 0 aliphatic heterocycles. The van der Waals surface area contributed by atoms with Gasteiger partial charge >= 0.3 is 0 Å². The molecule has 6 nitrogen and oxygen atoms in total. The smallest absolute Gasteiger partial charge is 0.231 e. The Morgan fingerprint density at radius 2 is 2.07 bits per heavy atom. The molecule has 1 unspecified atom stereocenters. The molecule has 2 N–H and O–H groups in total. The quantitative estimate of drug-likeness (QED) is 0.396. The van der Waals surface area contributed by atoms with Crippen molar-refractivity contribution in [2.24, 2.45) is 5.14 Å². The molecule has 0 saturated carbocycles. The first-order valence-electron chi connectivity index (χ1n) is 4.15. The van der Waals surface area contributed by atoms with E-state index in [1.165, 1.54) is 0 Å². The number of nitro groups is 1. The molecule has 0 rings (SSSR count). The van der Waals surface area contributed by atoms with E-state index < -0.39 is 26.7 Å². The number of nitrogens with zero attached hydrogens (tertiary/aromatic N) is 1. The topological polar surface area (TPSA) is 103 Å².